The van der Waals surface area contributed by atoms with E-state index in [1.165, 1.54) is 19.3 Å². The van der Waals surface area contributed by atoms with Crippen molar-refractivity contribution in [3.05, 3.63) is 40.4 Å². The summed E-state index contributed by atoms with van der Waals surface area (Å²) in [5.41, 5.74) is 0.423. The molecule has 0 fully saturated rings. The second-order valence-corrected chi connectivity index (χ2v) is 6.46. The first-order valence-electron chi connectivity index (χ1n) is 7.45. The fraction of sp³-hybridized carbons (Fsp3) is 0.375. The summed E-state index contributed by atoms with van der Waals surface area (Å²) in [7, 11) is 1.28. The number of methoxy groups -OCH3 is 1. The maximum Gasteiger partial charge on any atom is 0.310 e. The molecule has 4 atom stereocenters. The molecule has 25 heavy (non-hydrogen) atoms. The molecule has 1 aromatic carbocycles. The predicted octanol–water partition coefficient (Wildman–Crippen LogP) is 1.88. The van der Waals surface area contributed by atoms with Crippen molar-refractivity contribution in [2.45, 2.75) is 24.8 Å². The molecule has 2 rings (SSSR count). The molecule has 2 unspecified atom stereocenters. The van der Waals surface area contributed by atoms with E-state index in [0.29, 0.717) is 15.7 Å². The summed E-state index contributed by atoms with van der Waals surface area (Å²) in [5.74, 6) is -2.16. The van der Waals surface area contributed by atoms with Gasteiger partial charge in [0.15, 0.2) is 12.3 Å². The quantitative estimate of drug-likeness (QED) is 0.419. The van der Waals surface area contributed by atoms with Crippen LogP contribution in [0.15, 0.2) is 30.4 Å². The normalized spacial score (nSPS) is 21.6. The van der Waals surface area contributed by atoms with Crippen molar-refractivity contribution in [2.75, 3.05) is 12.4 Å². The molecule has 1 amide bonds. The number of aliphatic carboxylic acids is 1. The molecule has 0 heterocycles. The van der Waals surface area contributed by atoms with Crippen LogP contribution in [0.25, 0.3) is 0 Å². The van der Waals surface area contributed by atoms with Gasteiger partial charge in [-0.05, 0) is 24.6 Å². The van der Waals surface area contributed by atoms with E-state index in [1.54, 1.807) is 18.2 Å². The first-order chi connectivity index (χ1) is 11.8. The average Bonchev–Trinajstić information content (AvgIpc) is 2.95. The van der Waals surface area contributed by atoms with Crippen LogP contribution in [0.5, 0.6) is 0 Å². The van der Waals surface area contributed by atoms with Gasteiger partial charge in [-0.3, -0.25) is 9.59 Å². The van der Waals surface area contributed by atoms with Gasteiger partial charge in [0.2, 0.25) is 0 Å². The summed E-state index contributed by atoms with van der Waals surface area (Å²) in [6.07, 6.45) is 0.818. The number of aliphatic hydroxyl groups is 1. The number of hydrogen-bond acceptors (Lipinski definition) is 5. The average molecular weight is 389 g/mol. The van der Waals surface area contributed by atoms with Crippen LogP contribution in [0.4, 0.5) is 5.69 Å². The zero-order valence-corrected chi connectivity index (χ0v) is 14.8. The minimum Gasteiger partial charge on any atom is -0.481 e. The molecular formula is C16H18Cl2N2O5. The third-order valence-corrected chi connectivity index (χ3v) is 4.14. The van der Waals surface area contributed by atoms with E-state index in [2.05, 4.69) is 10.6 Å². The third-order valence-electron chi connectivity index (χ3n) is 3.70. The zero-order valence-electron chi connectivity index (χ0n) is 13.3. The summed E-state index contributed by atoms with van der Waals surface area (Å²) in [4.78, 5) is 23.2. The van der Waals surface area contributed by atoms with Gasteiger partial charge in [0.05, 0.1) is 5.92 Å². The highest BCUT2D eigenvalue weighted by molar-refractivity contribution is 6.35. The number of benzene rings is 1. The van der Waals surface area contributed by atoms with Crippen LogP contribution >= 0.6 is 23.2 Å². The van der Waals surface area contributed by atoms with Gasteiger partial charge in [0.1, 0.15) is 0 Å². The number of carboxylic acid groups (broad SMARTS) is 1. The van der Waals surface area contributed by atoms with E-state index in [-0.39, 0.29) is 6.42 Å². The minimum atomic E-state index is -1.36. The van der Waals surface area contributed by atoms with Crippen LogP contribution in [0.2, 0.25) is 10.0 Å². The molecule has 7 nitrogen and oxygen atoms in total. The smallest absolute Gasteiger partial charge is 0.310 e. The lowest BCUT2D eigenvalue weighted by Gasteiger charge is -2.24. The maximum atomic E-state index is 12.3. The van der Waals surface area contributed by atoms with E-state index in [0.717, 1.165) is 0 Å². The van der Waals surface area contributed by atoms with Gasteiger partial charge >= 0.3 is 5.97 Å². The maximum absolute atomic E-state index is 12.3. The van der Waals surface area contributed by atoms with Crippen molar-refractivity contribution >= 4 is 40.8 Å². The van der Waals surface area contributed by atoms with Crippen molar-refractivity contribution in [3.8, 4) is 0 Å². The lowest BCUT2D eigenvalue weighted by Crippen LogP contribution is -2.49. The first-order valence-corrected chi connectivity index (χ1v) is 8.20. The summed E-state index contributed by atoms with van der Waals surface area (Å²) < 4.78 is 5.06. The van der Waals surface area contributed by atoms with Crippen molar-refractivity contribution in [2.24, 2.45) is 5.92 Å². The molecule has 4 N–H and O–H groups in total. The first kappa shape index (κ1) is 19.5. The SMILES string of the molecule is COC(C(=O)N[C@H]1C=C[C@@H](C(=O)O)C1)C(O)Nc1cc(Cl)cc(Cl)c1. The Labute approximate surface area is 154 Å². The van der Waals surface area contributed by atoms with E-state index in [1.807, 2.05) is 0 Å². The summed E-state index contributed by atoms with van der Waals surface area (Å²) >= 11 is 11.8. The van der Waals surface area contributed by atoms with Crippen LogP contribution < -0.4 is 10.6 Å². The molecule has 0 bridgehead atoms. The predicted molar refractivity (Wildman–Crippen MR) is 93.7 cm³/mol. The number of aliphatic hydroxyl groups excluding tert-OH is 1. The lowest BCUT2D eigenvalue weighted by molar-refractivity contribution is -0.141. The fourth-order valence-corrected chi connectivity index (χ4v) is 3.04. The Morgan fingerprint density at radius 3 is 2.40 bits per heavy atom. The van der Waals surface area contributed by atoms with Crippen molar-refractivity contribution < 1.29 is 24.5 Å². The highest BCUT2D eigenvalue weighted by Crippen LogP contribution is 2.23. The molecule has 1 aliphatic rings. The fourth-order valence-electron chi connectivity index (χ4n) is 2.52. The van der Waals surface area contributed by atoms with Crippen LogP contribution in [0, 0.1) is 5.92 Å². The second-order valence-electron chi connectivity index (χ2n) is 5.58. The van der Waals surface area contributed by atoms with Gasteiger partial charge in [-0.2, -0.15) is 0 Å². The summed E-state index contributed by atoms with van der Waals surface area (Å²) in [6.45, 7) is 0. The van der Waals surface area contributed by atoms with E-state index in [9.17, 15) is 14.7 Å². The van der Waals surface area contributed by atoms with Crippen LogP contribution in [-0.2, 0) is 14.3 Å². The Balaban J connectivity index is 1.97. The van der Waals surface area contributed by atoms with E-state index < -0.39 is 36.2 Å². The molecular weight excluding hydrogens is 371 g/mol. The minimum absolute atomic E-state index is 0.255. The van der Waals surface area contributed by atoms with Gasteiger partial charge in [-0.1, -0.05) is 35.4 Å². The number of carboxylic acids is 1. The Hall–Kier alpha value is -1.80. The topological polar surface area (TPSA) is 108 Å². The molecule has 1 aromatic rings. The Morgan fingerprint density at radius 1 is 1.24 bits per heavy atom. The Morgan fingerprint density at radius 2 is 1.88 bits per heavy atom. The van der Waals surface area contributed by atoms with Crippen LogP contribution in [-0.4, -0.2) is 47.6 Å². The van der Waals surface area contributed by atoms with Gasteiger partial charge in [-0.15, -0.1) is 0 Å². The number of carbonyl (C=O) groups is 2. The van der Waals surface area contributed by atoms with Crippen molar-refractivity contribution in [1.82, 2.24) is 5.32 Å². The number of halogens is 2. The van der Waals surface area contributed by atoms with Crippen molar-refractivity contribution in [3.63, 3.8) is 0 Å². The third kappa shape index (κ3) is 5.34. The highest BCUT2D eigenvalue weighted by Gasteiger charge is 2.31. The van der Waals surface area contributed by atoms with E-state index in [4.69, 9.17) is 33.0 Å². The number of carbonyl (C=O) groups excluding carboxylic acids is 1. The molecule has 0 aromatic heterocycles. The molecule has 0 aliphatic heterocycles. The van der Waals surface area contributed by atoms with Gasteiger partial charge in [0, 0.05) is 28.9 Å². The van der Waals surface area contributed by atoms with Gasteiger partial charge < -0.3 is 25.6 Å². The van der Waals surface area contributed by atoms with Crippen molar-refractivity contribution in [1.29, 1.82) is 0 Å². The summed E-state index contributed by atoms with van der Waals surface area (Å²) in [5, 5.41) is 25.3. The number of nitrogens with one attached hydrogen (secondary N) is 2. The molecule has 0 spiro atoms. The number of hydrogen-bond donors (Lipinski definition) is 4. The molecule has 0 radical (unpaired) electrons. The number of amides is 1. The van der Waals surface area contributed by atoms with Gasteiger partial charge in [0.25, 0.3) is 5.91 Å². The Bertz CT molecular complexity index is 662. The Kier molecular flexibility index (Phi) is 6.66. The standard InChI is InChI=1S/C16H18Cl2N2O5/c1-25-13(14(21)19-11-3-2-8(4-11)16(23)24)15(22)20-12-6-9(17)5-10(18)7-12/h2-3,5-8,11,13,15,20,22H,4H2,1H3,(H,19,21)(H,23,24)/t8-,11+,13?,15?/m1/s1. The molecule has 9 heteroatoms. The molecule has 136 valence electrons. The van der Waals surface area contributed by atoms with Crippen LogP contribution in [0.3, 0.4) is 0 Å². The zero-order chi connectivity index (χ0) is 18.6. The molecule has 0 saturated heterocycles. The molecule has 1 aliphatic carbocycles. The summed E-state index contributed by atoms with van der Waals surface area (Å²) in [6, 6.07) is 4.18. The lowest BCUT2D eigenvalue weighted by atomic mass is 10.1. The monoisotopic (exact) mass is 388 g/mol. The number of ether oxygens (including phenoxy) is 1. The molecule has 0 saturated carbocycles. The highest BCUT2D eigenvalue weighted by atomic mass is 35.5. The number of anilines is 1. The van der Waals surface area contributed by atoms with Crippen LogP contribution in [0.1, 0.15) is 6.42 Å². The largest absolute Gasteiger partial charge is 0.481 e. The number of rotatable bonds is 7. The second kappa shape index (κ2) is 8.53. The van der Waals surface area contributed by atoms with Gasteiger partial charge in [-0.25, -0.2) is 0 Å². The van der Waals surface area contributed by atoms with E-state index >= 15 is 0 Å².